The number of nitrogens with zero attached hydrogens (tertiary/aromatic N) is 2. The summed E-state index contributed by atoms with van der Waals surface area (Å²) in [6.45, 7) is 0.796. The number of pyridine rings is 1. The Hall–Kier alpha value is -0.100. The lowest BCUT2D eigenvalue weighted by molar-refractivity contribution is 0.907. The molecule has 0 aromatic carbocycles. The average Bonchev–Trinajstić information content (AvgIpc) is 2.63. The molecule has 2 heterocycles. The van der Waals surface area contributed by atoms with E-state index in [1.165, 1.54) is 4.88 Å². The first-order valence-corrected chi connectivity index (χ1v) is 7.60. The molecular formula is C11H9Br2ClN2S. The Balaban J connectivity index is 2.17. The minimum atomic E-state index is 0.796. The van der Waals surface area contributed by atoms with Crippen molar-refractivity contribution in [3.05, 3.63) is 42.6 Å². The predicted octanol–water partition coefficient (Wildman–Crippen LogP) is 4.96. The summed E-state index contributed by atoms with van der Waals surface area (Å²) >= 11 is 14.4. The molecule has 90 valence electrons. The van der Waals surface area contributed by atoms with Crippen LogP contribution in [0.15, 0.2) is 33.3 Å². The van der Waals surface area contributed by atoms with Crippen molar-refractivity contribution in [1.29, 1.82) is 0 Å². The normalized spacial score (nSPS) is 10.6. The third-order valence-corrected chi connectivity index (χ3v) is 4.40. The SMILES string of the molecule is CN(Cc1ccc(Cl)s1)c1ncc(Br)cc1Br. The molecule has 0 saturated heterocycles. The Kier molecular flexibility index (Phi) is 4.47. The Bertz CT molecular complexity index is 530. The van der Waals surface area contributed by atoms with Gasteiger partial charge in [0.15, 0.2) is 0 Å². The number of rotatable bonds is 3. The molecule has 0 unspecified atom stereocenters. The van der Waals surface area contributed by atoms with Gasteiger partial charge in [0.2, 0.25) is 0 Å². The number of halogens is 3. The Morgan fingerprint density at radius 1 is 1.41 bits per heavy atom. The van der Waals surface area contributed by atoms with Gasteiger partial charge in [0.25, 0.3) is 0 Å². The highest BCUT2D eigenvalue weighted by molar-refractivity contribution is 9.11. The molecule has 2 aromatic rings. The van der Waals surface area contributed by atoms with Crippen LogP contribution in [0.2, 0.25) is 4.34 Å². The molecule has 6 heteroatoms. The maximum absolute atomic E-state index is 5.91. The topological polar surface area (TPSA) is 16.1 Å². The van der Waals surface area contributed by atoms with Gasteiger partial charge in [-0.25, -0.2) is 4.98 Å². The summed E-state index contributed by atoms with van der Waals surface area (Å²) < 4.78 is 2.74. The maximum Gasteiger partial charge on any atom is 0.143 e. The zero-order chi connectivity index (χ0) is 12.4. The fourth-order valence-corrected chi connectivity index (χ4v) is 3.86. The van der Waals surface area contributed by atoms with E-state index in [4.69, 9.17) is 11.6 Å². The van der Waals surface area contributed by atoms with Crippen LogP contribution >= 0.6 is 54.8 Å². The molecule has 0 fully saturated rings. The van der Waals surface area contributed by atoms with Gasteiger partial charge in [0, 0.05) is 22.6 Å². The van der Waals surface area contributed by atoms with Gasteiger partial charge in [-0.15, -0.1) is 11.3 Å². The summed E-state index contributed by atoms with van der Waals surface area (Å²) in [5.41, 5.74) is 0. The Morgan fingerprint density at radius 2 is 2.18 bits per heavy atom. The minimum absolute atomic E-state index is 0.796. The van der Waals surface area contributed by atoms with E-state index in [9.17, 15) is 0 Å². The number of thiophene rings is 1. The van der Waals surface area contributed by atoms with Gasteiger partial charge in [-0.2, -0.15) is 0 Å². The van der Waals surface area contributed by atoms with Crippen molar-refractivity contribution in [2.45, 2.75) is 6.54 Å². The lowest BCUT2D eigenvalue weighted by Crippen LogP contribution is -2.17. The molecule has 2 rings (SSSR count). The van der Waals surface area contributed by atoms with E-state index in [1.54, 1.807) is 17.5 Å². The average molecular weight is 397 g/mol. The quantitative estimate of drug-likeness (QED) is 0.729. The maximum atomic E-state index is 5.91. The Morgan fingerprint density at radius 3 is 2.76 bits per heavy atom. The summed E-state index contributed by atoms with van der Waals surface area (Å²) in [5, 5.41) is 0. The van der Waals surface area contributed by atoms with Crippen molar-refractivity contribution in [3.8, 4) is 0 Å². The highest BCUT2D eigenvalue weighted by Gasteiger charge is 2.09. The van der Waals surface area contributed by atoms with Gasteiger partial charge in [0.1, 0.15) is 5.82 Å². The highest BCUT2D eigenvalue weighted by atomic mass is 79.9. The fraction of sp³-hybridized carbons (Fsp3) is 0.182. The van der Waals surface area contributed by atoms with Gasteiger partial charge in [-0.05, 0) is 50.1 Å². The van der Waals surface area contributed by atoms with Crippen LogP contribution < -0.4 is 4.90 Å². The van der Waals surface area contributed by atoms with Gasteiger partial charge < -0.3 is 4.90 Å². The highest BCUT2D eigenvalue weighted by Crippen LogP contribution is 2.28. The van der Waals surface area contributed by atoms with Crippen LogP contribution in [-0.2, 0) is 6.54 Å². The lowest BCUT2D eigenvalue weighted by Gasteiger charge is -2.18. The van der Waals surface area contributed by atoms with E-state index >= 15 is 0 Å². The molecule has 0 atom stereocenters. The molecule has 0 bridgehead atoms. The summed E-state index contributed by atoms with van der Waals surface area (Å²) in [5.74, 6) is 0.915. The summed E-state index contributed by atoms with van der Waals surface area (Å²) in [4.78, 5) is 7.68. The zero-order valence-electron chi connectivity index (χ0n) is 8.95. The number of hydrogen-bond acceptors (Lipinski definition) is 3. The molecule has 0 N–H and O–H groups in total. The number of hydrogen-bond donors (Lipinski definition) is 0. The first kappa shape index (κ1) is 13.3. The van der Waals surface area contributed by atoms with Crippen LogP contribution in [0.25, 0.3) is 0 Å². The molecule has 0 aliphatic rings. The van der Waals surface area contributed by atoms with Crippen molar-refractivity contribution in [1.82, 2.24) is 4.98 Å². The zero-order valence-corrected chi connectivity index (χ0v) is 13.7. The molecule has 0 spiro atoms. The van der Waals surface area contributed by atoms with Crippen molar-refractivity contribution < 1.29 is 0 Å². The third-order valence-electron chi connectivity index (χ3n) is 2.17. The molecular weight excluding hydrogens is 387 g/mol. The molecule has 0 aliphatic heterocycles. The van der Waals surface area contributed by atoms with Gasteiger partial charge in [0.05, 0.1) is 15.4 Å². The Labute approximate surface area is 126 Å². The van der Waals surface area contributed by atoms with Crippen LogP contribution in [0.4, 0.5) is 5.82 Å². The molecule has 0 saturated carbocycles. The molecule has 2 nitrogen and oxygen atoms in total. The van der Waals surface area contributed by atoms with E-state index in [0.717, 1.165) is 25.6 Å². The van der Waals surface area contributed by atoms with Crippen LogP contribution in [0.5, 0.6) is 0 Å². The fourth-order valence-electron chi connectivity index (χ4n) is 1.43. The van der Waals surface area contributed by atoms with E-state index in [0.29, 0.717) is 0 Å². The molecule has 17 heavy (non-hydrogen) atoms. The first-order chi connectivity index (χ1) is 8.06. The summed E-state index contributed by atoms with van der Waals surface area (Å²) in [6, 6.07) is 5.94. The first-order valence-electron chi connectivity index (χ1n) is 4.82. The van der Waals surface area contributed by atoms with Crippen molar-refractivity contribution in [2.24, 2.45) is 0 Å². The van der Waals surface area contributed by atoms with E-state index in [2.05, 4.69) is 41.7 Å². The molecule has 0 aliphatic carbocycles. The second kappa shape index (κ2) is 5.69. The van der Waals surface area contributed by atoms with E-state index < -0.39 is 0 Å². The van der Waals surface area contributed by atoms with Gasteiger partial charge in [-0.3, -0.25) is 0 Å². The molecule has 0 amide bonds. The second-order valence-corrected chi connectivity index (χ2v) is 7.09. The van der Waals surface area contributed by atoms with Crippen LogP contribution in [-0.4, -0.2) is 12.0 Å². The van der Waals surface area contributed by atoms with Gasteiger partial charge in [-0.1, -0.05) is 11.6 Å². The third kappa shape index (κ3) is 3.44. The lowest BCUT2D eigenvalue weighted by atomic mass is 10.4. The predicted molar refractivity (Wildman–Crippen MR) is 81.1 cm³/mol. The van der Waals surface area contributed by atoms with E-state index in [-0.39, 0.29) is 0 Å². The van der Waals surface area contributed by atoms with E-state index in [1.807, 2.05) is 25.2 Å². The van der Waals surface area contributed by atoms with Crippen LogP contribution in [0.1, 0.15) is 4.88 Å². The van der Waals surface area contributed by atoms with Crippen molar-refractivity contribution >= 4 is 60.6 Å². The molecule has 2 aromatic heterocycles. The van der Waals surface area contributed by atoms with Crippen molar-refractivity contribution in [2.75, 3.05) is 11.9 Å². The summed E-state index contributed by atoms with van der Waals surface area (Å²) in [7, 11) is 2.01. The smallest absolute Gasteiger partial charge is 0.143 e. The second-order valence-electron chi connectivity index (χ2n) is 3.52. The van der Waals surface area contributed by atoms with Crippen molar-refractivity contribution in [3.63, 3.8) is 0 Å². The number of anilines is 1. The monoisotopic (exact) mass is 394 g/mol. The minimum Gasteiger partial charge on any atom is -0.354 e. The molecule has 0 radical (unpaired) electrons. The van der Waals surface area contributed by atoms with Crippen LogP contribution in [0, 0.1) is 0 Å². The number of aromatic nitrogens is 1. The largest absolute Gasteiger partial charge is 0.354 e. The van der Waals surface area contributed by atoms with Gasteiger partial charge >= 0.3 is 0 Å². The standard InChI is InChI=1S/C11H9Br2ClN2S/c1-16(6-8-2-3-10(14)17-8)11-9(13)4-7(12)5-15-11/h2-5H,6H2,1H3. The van der Waals surface area contributed by atoms with Crippen LogP contribution in [0.3, 0.4) is 0 Å². The summed E-state index contributed by atoms with van der Waals surface area (Å²) in [6.07, 6.45) is 1.79.